The molecule has 2 aromatic carbocycles. The molecule has 11 heteroatoms. The molecule has 0 radical (unpaired) electrons. The summed E-state index contributed by atoms with van der Waals surface area (Å²) < 4.78 is 15.6. The number of anilines is 2. The van der Waals surface area contributed by atoms with Gasteiger partial charge in [0.05, 0.1) is 27.0 Å². The van der Waals surface area contributed by atoms with Gasteiger partial charge in [-0.15, -0.1) is 0 Å². The molecule has 1 fully saturated rings. The van der Waals surface area contributed by atoms with Crippen LogP contribution in [0, 0.1) is 0 Å². The van der Waals surface area contributed by atoms with Crippen molar-refractivity contribution < 1.29 is 28.6 Å². The molecule has 1 N–H and O–H groups in total. The standard InChI is InChI=1S/C21H21N5O6/c1-30-14-6-4-5-12(9-14)22-17(27)11-25-19-18(23-24-25)20(28)26(21(19)29)13-7-8-15(31-2)16(10-13)32-3/h4-10,18-19H,11H2,1-3H3,(H,22,27)/t18-,19-/m0/s1. The number of amides is 3. The molecular weight excluding hydrogens is 418 g/mol. The molecule has 32 heavy (non-hydrogen) atoms. The minimum absolute atomic E-state index is 0.249. The Kier molecular flexibility index (Phi) is 5.63. The highest BCUT2D eigenvalue weighted by Crippen LogP contribution is 2.36. The molecule has 166 valence electrons. The van der Waals surface area contributed by atoms with Crippen LogP contribution in [-0.4, -0.2) is 62.7 Å². The SMILES string of the molecule is COc1cccc(NC(=O)CN2N=N[C@@H]3C(=O)N(c4ccc(OC)c(OC)c4)C(=O)[C@H]32)c1. The lowest BCUT2D eigenvalue weighted by atomic mass is 10.1. The zero-order chi connectivity index (χ0) is 22.8. The predicted molar refractivity (Wildman–Crippen MR) is 113 cm³/mol. The number of hydrogen-bond donors (Lipinski definition) is 1. The van der Waals surface area contributed by atoms with Crippen LogP contribution in [0.4, 0.5) is 11.4 Å². The van der Waals surface area contributed by atoms with Crippen molar-refractivity contribution in [2.75, 3.05) is 38.1 Å². The van der Waals surface area contributed by atoms with Gasteiger partial charge in [0.25, 0.3) is 11.8 Å². The zero-order valence-electron chi connectivity index (χ0n) is 17.6. The summed E-state index contributed by atoms with van der Waals surface area (Å²) in [4.78, 5) is 39.5. The summed E-state index contributed by atoms with van der Waals surface area (Å²) in [6.07, 6.45) is 0. The van der Waals surface area contributed by atoms with Gasteiger partial charge in [0.2, 0.25) is 5.91 Å². The van der Waals surface area contributed by atoms with E-state index in [2.05, 4.69) is 15.7 Å². The van der Waals surface area contributed by atoms with Crippen LogP contribution in [0.2, 0.25) is 0 Å². The Bertz CT molecular complexity index is 1100. The van der Waals surface area contributed by atoms with Crippen LogP contribution in [0.5, 0.6) is 17.2 Å². The van der Waals surface area contributed by atoms with E-state index in [0.29, 0.717) is 28.6 Å². The minimum Gasteiger partial charge on any atom is -0.497 e. The Morgan fingerprint density at radius 1 is 1.00 bits per heavy atom. The average Bonchev–Trinajstić information content (AvgIpc) is 3.32. The highest BCUT2D eigenvalue weighted by molar-refractivity contribution is 6.25. The molecule has 1 saturated heterocycles. The molecule has 2 atom stereocenters. The third-order valence-electron chi connectivity index (χ3n) is 5.14. The second-order valence-electron chi connectivity index (χ2n) is 7.02. The van der Waals surface area contributed by atoms with Crippen LogP contribution in [0.3, 0.4) is 0 Å². The Balaban J connectivity index is 1.50. The van der Waals surface area contributed by atoms with Gasteiger partial charge in [-0.1, -0.05) is 11.3 Å². The molecule has 2 heterocycles. The molecule has 0 aromatic heterocycles. The summed E-state index contributed by atoms with van der Waals surface area (Å²) in [5.74, 6) is -0.0310. The predicted octanol–water partition coefficient (Wildman–Crippen LogP) is 1.64. The first-order chi connectivity index (χ1) is 15.5. The van der Waals surface area contributed by atoms with Crippen molar-refractivity contribution in [1.29, 1.82) is 0 Å². The fourth-order valence-corrected chi connectivity index (χ4v) is 3.62. The van der Waals surface area contributed by atoms with Crippen molar-refractivity contribution in [3.63, 3.8) is 0 Å². The molecule has 4 rings (SSSR count). The number of nitrogens with one attached hydrogen (secondary N) is 1. The summed E-state index contributed by atoms with van der Waals surface area (Å²) in [6.45, 7) is -0.249. The molecule has 0 spiro atoms. The van der Waals surface area contributed by atoms with E-state index in [-0.39, 0.29) is 6.54 Å². The third-order valence-corrected chi connectivity index (χ3v) is 5.14. The third kappa shape index (κ3) is 3.68. The molecule has 3 amide bonds. The van der Waals surface area contributed by atoms with E-state index in [1.165, 1.54) is 32.4 Å². The normalized spacial score (nSPS) is 19.2. The van der Waals surface area contributed by atoms with Crippen molar-refractivity contribution in [2.45, 2.75) is 12.1 Å². The topological polar surface area (TPSA) is 122 Å². The number of carbonyl (C=O) groups is 3. The quantitative estimate of drug-likeness (QED) is 0.651. The van der Waals surface area contributed by atoms with E-state index in [1.807, 2.05) is 0 Å². The van der Waals surface area contributed by atoms with Crippen LogP contribution in [0.1, 0.15) is 0 Å². The summed E-state index contributed by atoms with van der Waals surface area (Å²) in [6, 6.07) is 9.56. The number of imide groups is 1. The van der Waals surface area contributed by atoms with Gasteiger partial charge < -0.3 is 19.5 Å². The first-order valence-corrected chi connectivity index (χ1v) is 9.68. The van der Waals surface area contributed by atoms with E-state index in [0.717, 1.165) is 4.90 Å². The largest absolute Gasteiger partial charge is 0.497 e. The fraction of sp³-hybridized carbons (Fsp3) is 0.286. The Morgan fingerprint density at radius 2 is 1.78 bits per heavy atom. The lowest BCUT2D eigenvalue weighted by molar-refractivity contribution is -0.123. The van der Waals surface area contributed by atoms with Crippen molar-refractivity contribution in [3.8, 4) is 17.2 Å². The number of methoxy groups -OCH3 is 3. The van der Waals surface area contributed by atoms with Crippen LogP contribution in [-0.2, 0) is 14.4 Å². The lowest BCUT2D eigenvalue weighted by Crippen LogP contribution is -2.43. The van der Waals surface area contributed by atoms with Crippen LogP contribution in [0.15, 0.2) is 52.8 Å². The molecule has 2 aromatic rings. The summed E-state index contributed by atoms with van der Waals surface area (Å²) in [5, 5.41) is 11.8. The molecule has 0 bridgehead atoms. The second kappa shape index (κ2) is 8.53. The van der Waals surface area contributed by atoms with E-state index < -0.39 is 29.8 Å². The highest BCUT2D eigenvalue weighted by atomic mass is 16.5. The Morgan fingerprint density at radius 3 is 2.50 bits per heavy atom. The number of ether oxygens (including phenoxy) is 3. The van der Waals surface area contributed by atoms with Gasteiger partial charge in [-0.25, -0.2) is 4.90 Å². The smallest absolute Gasteiger partial charge is 0.263 e. The first kappa shape index (κ1) is 21.1. The Hall–Kier alpha value is -4.15. The molecule has 2 aliphatic rings. The molecular formula is C21H21N5O6. The van der Waals surface area contributed by atoms with Crippen molar-refractivity contribution in [1.82, 2.24) is 5.01 Å². The molecule has 0 unspecified atom stereocenters. The summed E-state index contributed by atoms with van der Waals surface area (Å²) >= 11 is 0. The molecule has 0 saturated carbocycles. The van der Waals surface area contributed by atoms with Gasteiger partial charge >= 0.3 is 0 Å². The number of hydrogen-bond acceptors (Lipinski definition) is 9. The zero-order valence-corrected chi connectivity index (χ0v) is 17.6. The lowest BCUT2D eigenvalue weighted by Gasteiger charge is -2.20. The van der Waals surface area contributed by atoms with Gasteiger partial charge in [-0.05, 0) is 24.3 Å². The number of nitrogens with zero attached hydrogens (tertiary/aromatic N) is 4. The maximum absolute atomic E-state index is 13.1. The second-order valence-corrected chi connectivity index (χ2v) is 7.02. The van der Waals surface area contributed by atoms with Gasteiger partial charge in [-0.3, -0.25) is 19.4 Å². The monoisotopic (exact) mass is 439 g/mol. The van der Waals surface area contributed by atoms with E-state index in [1.54, 1.807) is 36.4 Å². The Labute approximate surface area is 183 Å². The van der Waals surface area contributed by atoms with Crippen LogP contribution in [0.25, 0.3) is 0 Å². The fourth-order valence-electron chi connectivity index (χ4n) is 3.62. The van der Waals surface area contributed by atoms with E-state index in [9.17, 15) is 14.4 Å². The number of carbonyl (C=O) groups excluding carboxylic acids is 3. The van der Waals surface area contributed by atoms with Gasteiger partial charge in [0.15, 0.2) is 23.6 Å². The van der Waals surface area contributed by atoms with Crippen LogP contribution < -0.4 is 24.4 Å². The maximum Gasteiger partial charge on any atom is 0.263 e. The van der Waals surface area contributed by atoms with Crippen molar-refractivity contribution >= 4 is 29.1 Å². The maximum atomic E-state index is 13.1. The van der Waals surface area contributed by atoms with E-state index >= 15 is 0 Å². The number of benzene rings is 2. The highest BCUT2D eigenvalue weighted by Gasteiger charge is 2.55. The molecule has 11 nitrogen and oxygen atoms in total. The average molecular weight is 439 g/mol. The number of fused-ring (bicyclic) bond motifs is 1. The van der Waals surface area contributed by atoms with E-state index in [4.69, 9.17) is 14.2 Å². The summed E-state index contributed by atoms with van der Waals surface area (Å²) in [5.41, 5.74) is 0.853. The molecule has 0 aliphatic carbocycles. The van der Waals surface area contributed by atoms with Gasteiger partial charge in [0, 0.05) is 17.8 Å². The van der Waals surface area contributed by atoms with Gasteiger partial charge in [0.1, 0.15) is 12.3 Å². The van der Waals surface area contributed by atoms with Crippen molar-refractivity contribution in [3.05, 3.63) is 42.5 Å². The molecule has 2 aliphatic heterocycles. The first-order valence-electron chi connectivity index (χ1n) is 9.68. The van der Waals surface area contributed by atoms with Gasteiger partial charge in [-0.2, -0.15) is 5.11 Å². The number of rotatable bonds is 7. The van der Waals surface area contributed by atoms with Crippen molar-refractivity contribution in [2.24, 2.45) is 10.3 Å². The summed E-state index contributed by atoms with van der Waals surface area (Å²) in [7, 11) is 4.47. The van der Waals surface area contributed by atoms with Crippen LogP contribution >= 0.6 is 0 Å². The minimum atomic E-state index is -1.01.